The fourth-order valence-electron chi connectivity index (χ4n) is 6.09. The van der Waals surface area contributed by atoms with E-state index in [0.717, 1.165) is 17.5 Å². The van der Waals surface area contributed by atoms with Crippen LogP contribution < -0.4 is 10.6 Å². The molecule has 7 heteroatoms. The Morgan fingerprint density at radius 3 is 2.26 bits per heavy atom. The van der Waals surface area contributed by atoms with Crippen molar-refractivity contribution in [2.24, 2.45) is 17.3 Å². The van der Waals surface area contributed by atoms with E-state index in [1.807, 2.05) is 38.1 Å². The minimum atomic E-state index is -1.01. The van der Waals surface area contributed by atoms with E-state index in [0.29, 0.717) is 19.3 Å². The highest BCUT2D eigenvalue weighted by Crippen LogP contribution is 2.63. The van der Waals surface area contributed by atoms with E-state index >= 15 is 0 Å². The third kappa shape index (κ3) is 4.40. The maximum atomic E-state index is 13.0. The van der Waals surface area contributed by atoms with Crippen LogP contribution >= 0.6 is 0 Å². The highest BCUT2D eigenvalue weighted by Gasteiger charge is 2.65. The van der Waals surface area contributed by atoms with Crippen LogP contribution in [0.1, 0.15) is 56.6 Å². The summed E-state index contributed by atoms with van der Waals surface area (Å²) < 4.78 is 5.66. The standard InChI is InChI=1S/C28H32N2O5/c1-16(2)11-24(25(31)32)30-26(33)28-13-17(28)12-18(14-28)29-27(34)35-15-23-21-9-5-3-7-19(21)20-8-4-6-10-22(20)23/h3-10,16-18,23-24H,11-15H2,1-2H3,(H,29,34)(H,30,33)(H,31,32)/t17?,18?,24-,28?/m1/s1. The van der Waals surface area contributed by atoms with Gasteiger partial charge in [-0.3, -0.25) is 4.79 Å². The van der Waals surface area contributed by atoms with E-state index in [-0.39, 0.29) is 36.3 Å². The molecule has 0 aliphatic heterocycles. The number of fused-ring (bicyclic) bond motifs is 4. The van der Waals surface area contributed by atoms with Gasteiger partial charge in [0.1, 0.15) is 12.6 Å². The Hall–Kier alpha value is -3.35. The van der Waals surface area contributed by atoms with Gasteiger partial charge in [-0.1, -0.05) is 62.4 Å². The molecule has 2 aromatic rings. The van der Waals surface area contributed by atoms with Crippen LogP contribution in [0.5, 0.6) is 0 Å². The SMILES string of the molecule is CC(C)C[C@@H](NC(=O)C12CC(NC(=O)OCC3c4ccccc4-c4ccccc43)CC1C2)C(=O)O. The van der Waals surface area contributed by atoms with Crippen molar-refractivity contribution in [1.29, 1.82) is 0 Å². The lowest BCUT2D eigenvalue weighted by Crippen LogP contribution is -2.46. The van der Waals surface area contributed by atoms with Gasteiger partial charge in [-0.05, 0) is 59.8 Å². The normalized spacial score (nSPS) is 24.8. The quantitative estimate of drug-likeness (QED) is 0.527. The van der Waals surface area contributed by atoms with E-state index in [2.05, 4.69) is 34.9 Å². The molecule has 7 nitrogen and oxygen atoms in total. The van der Waals surface area contributed by atoms with E-state index < -0.39 is 23.5 Å². The number of amides is 2. The lowest BCUT2D eigenvalue weighted by molar-refractivity contribution is -0.143. The van der Waals surface area contributed by atoms with Gasteiger partial charge in [0.2, 0.25) is 5.91 Å². The lowest BCUT2D eigenvalue weighted by Gasteiger charge is -2.22. The largest absolute Gasteiger partial charge is 0.480 e. The Labute approximate surface area is 205 Å². The van der Waals surface area contributed by atoms with Gasteiger partial charge < -0.3 is 20.5 Å². The maximum absolute atomic E-state index is 13.0. The number of carboxylic acid groups (broad SMARTS) is 1. The summed E-state index contributed by atoms with van der Waals surface area (Å²) in [5.41, 5.74) is 4.12. The second kappa shape index (κ2) is 9.02. The molecule has 2 aromatic carbocycles. The van der Waals surface area contributed by atoms with Crippen molar-refractivity contribution in [2.45, 2.75) is 57.5 Å². The zero-order valence-corrected chi connectivity index (χ0v) is 20.1. The number of carbonyl (C=O) groups is 3. The molecular weight excluding hydrogens is 444 g/mol. The molecule has 2 fully saturated rings. The van der Waals surface area contributed by atoms with Gasteiger partial charge in [-0.25, -0.2) is 9.59 Å². The molecule has 0 aromatic heterocycles. The van der Waals surface area contributed by atoms with Crippen molar-refractivity contribution in [1.82, 2.24) is 10.6 Å². The van der Waals surface area contributed by atoms with Gasteiger partial charge in [0.25, 0.3) is 0 Å². The van der Waals surface area contributed by atoms with Crippen molar-refractivity contribution in [3.8, 4) is 11.1 Å². The molecule has 184 valence electrons. The Balaban J connectivity index is 1.16. The molecule has 5 rings (SSSR count). The molecule has 3 N–H and O–H groups in total. The molecule has 3 aliphatic rings. The fraction of sp³-hybridized carbons (Fsp3) is 0.464. The molecule has 3 unspecified atom stereocenters. The molecule has 2 saturated carbocycles. The van der Waals surface area contributed by atoms with Crippen LogP contribution in [0, 0.1) is 17.3 Å². The Morgan fingerprint density at radius 1 is 1.03 bits per heavy atom. The summed E-state index contributed by atoms with van der Waals surface area (Å²) >= 11 is 0. The molecule has 0 saturated heterocycles. The van der Waals surface area contributed by atoms with E-state index in [4.69, 9.17) is 4.74 Å². The number of alkyl carbamates (subject to hydrolysis) is 1. The van der Waals surface area contributed by atoms with Crippen LogP contribution in [-0.2, 0) is 14.3 Å². The number of nitrogens with one attached hydrogen (secondary N) is 2. The van der Waals surface area contributed by atoms with Crippen LogP contribution in [0.15, 0.2) is 48.5 Å². The summed E-state index contributed by atoms with van der Waals surface area (Å²) in [5.74, 6) is -0.874. The molecule has 0 spiro atoms. The van der Waals surface area contributed by atoms with Gasteiger partial charge in [0.15, 0.2) is 0 Å². The van der Waals surface area contributed by atoms with Crippen LogP contribution in [0.3, 0.4) is 0 Å². The summed E-state index contributed by atoms with van der Waals surface area (Å²) in [6.07, 6.45) is 1.89. The van der Waals surface area contributed by atoms with Gasteiger partial charge in [0.05, 0.1) is 5.41 Å². The van der Waals surface area contributed by atoms with Crippen molar-refractivity contribution >= 4 is 18.0 Å². The van der Waals surface area contributed by atoms with Gasteiger partial charge in [0, 0.05) is 12.0 Å². The smallest absolute Gasteiger partial charge is 0.407 e. The number of carboxylic acids is 1. The first-order valence-electron chi connectivity index (χ1n) is 12.4. The van der Waals surface area contributed by atoms with Gasteiger partial charge >= 0.3 is 12.1 Å². The molecule has 3 aliphatic carbocycles. The summed E-state index contributed by atoms with van der Waals surface area (Å²) in [6.45, 7) is 4.12. The molecule has 4 atom stereocenters. The second-order valence-corrected chi connectivity index (χ2v) is 10.7. The molecule has 0 bridgehead atoms. The number of benzene rings is 2. The van der Waals surface area contributed by atoms with Crippen molar-refractivity contribution < 1.29 is 24.2 Å². The zero-order chi connectivity index (χ0) is 24.7. The van der Waals surface area contributed by atoms with E-state index in [9.17, 15) is 19.5 Å². The Bertz CT molecular complexity index is 1120. The van der Waals surface area contributed by atoms with E-state index in [1.165, 1.54) is 11.1 Å². The maximum Gasteiger partial charge on any atom is 0.407 e. The topological polar surface area (TPSA) is 105 Å². The summed E-state index contributed by atoms with van der Waals surface area (Å²) in [6, 6.07) is 15.4. The lowest BCUT2D eigenvalue weighted by atomic mass is 9.98. The van der Waals surface area contributed by atoms with Crippen LogP contribution in [-0.4, -0.2) is 41.8 Å². The Morgan fingerprint density at radius 2 is 1.66 bits per heavy atom. The molecule has 35 heavy (non-hydrogen) atoms. The molecule has 0 radical (unpaired) electrons. The predicted molar refractivity (Wildman–Crippen MR) is 131 cm³/mol. The summed E-state index contributed by atoms with van der Waals surface area (Å²) in [7, 11) is 0. The first-order chi connectivity index (χ1) is 16.8. The predicted octanol–water partition coefficient (Wildman–Crippen LogP) is 4.31. The number of hydrogen-bond donors (Lipinski definition) is 3. The molecule has 2 amide bonds. The third-order valence-electron chi connectivity index (χ3n) is 7.84. The number of rotatable bonds is 8. The fourth-order valence-corrected chi connectivity index (χ4v) is 6.09. The van der Waals surface area contributed by atoms with Gasteiger partial charge in [-0.2, -0.15) is 0 Å². The molecular formula is C28H32N2O5. The second-order valence-electron chi connectivity index (χ2n) is 10.7. The average molecular weight is 477 g/mol. The van der Waals surface area contributed by atoms with Crippen LogP contribution in [0.25, 0.3) is 11.1 Å². The van der Waals surface area contributed by atoms with Crippen molar-refractivity contribution in [2.75, 3.05) is 6.61 Å². The zero-order valence-electron chi connectivity index (χ0n) is 20.1. The monoisotopic (exact) mass is 476 g/mol. The summed E-state index contributed by atoms with van der Waals surface area (Å²) in [5, 5.41) is 15.2. The number of aliphatic carboxylic acids is 1. The number of ether oxygens (including phenoxy) is 1. The minimum Gasteiger partial charge on any atom is -0.480 e. The third-order valence-corrected chi connectivity index (χ3v) is 7.84. The highest BCUT2D eigenvalue weighted by molar-refractivity contribution is 5.90. The van der Waals surface area contributed by atoms with Crippen LogP contribution in [0.2, 0.25) is 0 Å². The first kappa shape index (κ1) is 23.4. The Kier molecular flexibility index (Phi) is 6.03. The number of hydrogen-bond acceptors (Lipinski definition) is 4. The van der Waals surface area contributed by atoms with Crippen molar-refractivity contribution in [3.05, 3.63) is 59.7 Å². The molecule has 0 heterocycles. The van der Waals surface area contributed by atoms with Crippen molar-refractivity contribution in [3.63, 3.8) is 0 Å². The number of carbonyl (C=O) groups excluding carboxylic acids is 2. The average Bonchev–Trinajstić information content (AvgIpc) is 3.25. The highest BCUT2D eigenvalue weighted by atomic mass is 16.5. The van der Waals surface area contributed by atoms with Crippen LogP contribution in [0.4, 0.5) is 4.79 Å². The van der Waals surface area contributed by atoms with Gasteiger partial charge in [-0.15, -0.1) is 0 Å². The summed E-state index contributed by atoms with van der Waals surface area (Å²) in [4.78, 5) is 37.2. The minimum absolute atomic E-state index is 0.00356. The van der Waals surface area contributed by atoms with E-state index in [1.54, 1.807) is 0 Å². The first-order valence-corrected chi connectivity index (χ1v) is 12.4.